The lowest BCUT2D eigenvalue weighted by molar-refractivity contribution is -0.125. The van der Waals surface area contributed by atoms with Crippen molar-refractivity contribution in [1.29, 1.82) is 0 Å². The third kappa shape index (κ3) is 3.59. The Morgan fingerprint density at radius 2 is 2.05 bits per heavy atom. The van der Waals surface area contributed by atoms with Gasteiger partial charge in [0.1, 0.15) is 11.3 Å². The number of benzene rings is 1. The van der Waals surface area contributed by atoms with Crippen LogP contribution >= 0.6 is 0 Å². The number of piperidine rings is 1. The van der Waals surface area contributed by atoms with Crippen LogP contribution in [0, 0.1) is 5.82 Å². The standard InChI is InChI=1S/C25H22FN5O6/c1-36-17-4-2-13-10-31(22(33)20(13)21(17)26)11-25(23(34)29-24(35)30-25)18-9-15-16(37-18)5-3-14(28-15)12-6-7-27-19(32)8-12/h2-5,9,12H,6-8,10-11H2,1H3,(H,27,32)(H2,29,30,34,35)/t12?,25-/m0/s1. The molecule has 3 aliphatic rings. The fourth-order valence-corrected chi connectivity index (χ4v) is 5.24. The van der Waals surface area contributed by atoms with Crippen molar-refractivity contribution in [3.8, 4) is 5.75 Å². The highest BCUT2D eigenvalue weighted by molar-refractivity contribution is 6.08. The van der Waals surface area contributed by atoms with E-state index >= 15 is 0 Å². The van der Waals surface area contributed by atoms with E-state index in [9.17, 15) is 23.6 Å². The second-order valence-corrected chi connectivity index (χ2v) is 9.36. The molecular formula is C25H22FN5O6. The first kappa shape index (κ1) is 23.0. The van der Waals surface area contributed by atoms with Crippen LogP contribution in [-0.4, -0.2) is 53.8 Å². The van der Waals surface area contributed by atoms with Gasteiger partial charge in [0, 0.05) is 37.2 Å². The summed E-state index contributed by atoms with van der Waals surface area (Å²) in [4.78, 5) is 56.3. The van der Waals surface area contributed by atoms with Gasteiger partial charge in [0.25, 0.3) is 11.8 Å². The summed E-state index contributed by atoms with van der Waals surface area (Å²) in [5.74, 6) is -2.19. The molecule has 3 N–H and O–H groups in total. The molecule has 5 heterocycles. The number of methoxy groups -OCH3 is 1. The van der Waals surface area contributed by atoms with Crippen molar-refractivity contribution in [1.82, 2.24) is 25.8 Å². The van der Waals surface area contributed by atoms with Crippen LogP contribution in [0.2, 0.25) is 0 Å². The molecule has 37 heavy (non-hydrogen) atoms. The van der Waals surface area contributed by atoms with Crippen LogP contribution < -0.4 is 20.7 Å². The van der Waals surface area contributed by atoms with Gasteiger partial charge in [0.2, 0.25) is 5.91 Å². The van der Waals surface area contributed by atoms with Crippen molar-refractivity contribution in [2.75, 3.05) is 20.2 Å². The van der Waals surface area contributed by atoms with Crippen molar-refractivity contribution in [3.63, 3.8) is 0 Å². The monoisotopic (exact) mass is 507 g/mol. The van der Waals surface area contributed by atoms with Crippen molar-refractivity contribution >= 4 is 34.9 Å². The van der Waals surface area contributed by atoms with Crippen molar-refractivity contribution < 1.29 is 32.7 Å². The number of carbonyl (C=O) groups excluding carboxylic acids is 4. The Bertz CT molecular complexity index is 1500. The van der Waals surface area contributed by atoms with Crippen LogP contribution in [0.1, 0.15) is 46.1 Å². The summed E-state index contributed by atoms with van der Waals surface area (Å²) in [6.45, 7) is 0.301. The average molecular weight is 507 g/mol. The van der Waals surface area contributed by atoms with Crippen LogP contribution in [0.4, 0.5) is 9.18 Å². The Hall–Kier alpha value is -4.48. The van der Waals surface area contributed by atoms with Gasteiger partial charge in [-0.05, 0) is 30.2 Å². The Labute approximate surface area is 209 Å². The molecule has 3 aliphatic heterocycles. The van der Waals surface area contributed by atoms with Crippen molar-refractivity contribution in [2.24, 2.45) is 0 Å². The summed E-state index contributed by atoms with van der Waals surface area (Å²) < 4.78 is 25.8. The molecular weight excluding hydrogens is 485 g/mol. The van der Waals surface area contributed by atoms with Crippen LogP contribution in [-0.2, 0) is 21.7 Å². The number of ether oxygens (including phenoxy) is 1. The molecule has 0 bridgehead atoms. The molecule has 0 spiro atoms. The summed E-state index contributed by atoms with van der Waals surface area (Å²) in [5, 5.41) is 7.61. The zero-order chi connectivity index (χ0) is 25.9. The summed E-state index contributed by atoms with van der Waals surface area (Å²) in [7, 11) is 1.30. The van der Waals surface area contributed by atoms with E-state index in [1.165, 1.54) is 18.1 Å². The number of rotatable bonds is 5. The van der Waals surface area contributed by atoms with Crippen molar-refractivity contribution in [2.45, 2.75) is 30.8 Å². The maximum atomic E-state index is 14.9. The van der Waals surface area contributed by atoms with E-state index in [1.807, 2.05) is 0 Å². The molecule has 0 saturated carbocycles. The van der Waals surface area contributed by atoms with Gasteiger partial charge >= 0.3 is 6.03 Å². The predicted octanol–water partition coefficient (Wildman–Crippen LogP) is 1.66. The largest absolute Gasteiger partial charge is 0.494 e. The van der Waals surface area contributed by atoms with Crippen molar-refractivity contribution in [3.05, 3.63) is 58.7 Å². The lowest BCUT2D eigenvalue weighted by Gasteiger charge is -2.28. The Kier molecular flexibility index (Phi) is 5.14. The van der Waals surface area contributed by atoms with Gasteiger partial charge in [-0.1, -0.05) is 6.07 Å². The number of amides is 5. The molecule has 0 radical (unpaired) electrons. The first-order valence-corrected chi connectivity index (χ1v) is 11.7. The molecule has 6 rings (SSSR count). The number of furan rings is 1. The molecule has 2 saturated heterocycles. The van der Waals surface area contributed by atoms with Gasteiger partial charge in [-0.15, -0.1) is 0 Å². The SMILES string of the molecule is COc1ccc2c(c1F)C(=O)N(C[C@@]1(c3cc4nc(C5CCNC(=O)C5)ccc4o3)NC(=O)NC1=O)C2. The van der Waals surface area contributed by atoms with Gasteiger partial charge in [0.05, 0.1) is 19.2 Å². The van der Waals surface area contributed by atoms with Gasteiger partial charge in [-0.2, -0.15) is 0 Å². The smallest absolute Gasteiger partial charge is 0.322 e. The first-order chi connectivity index (χ1) is 17.8. The molecule has 1 aromatic carbocycles. The number of carbonyl (C=O) groups is 4. The van der Waals surface area contributed by atoms with Crippen LogP contribution in [0.25, 0.3) is 11.1 Å². The highest BCUT2D eigenvalue weighted by atomic mass is 19.1. The molecule has 2 fully saturated rings. The number of hydrogen-bond acceptors (Lipinski definition) is 7. The minimum absolute atomic E-state index is 0.0341. The minimum atomic E-state index is -1.75. The molecule has 11 nitrogen and oxygen atoms in total. The fraction of sp³-hybridized carbons (Fsp3) is 0.320. The van der Waals surface area contributed by atoms with Crippen LogP contribution in [0.3, 0.4) is 0 Å². The molecule has 2 atom stereocenters. The average Bonchev–Trinajstić information content (AvgIpc) is 3.53. The number of nitrogens with zero attached hydrogens (tertiary/aromatic N) is 2. The van der Waals surface area contributed by atoms with E-state index in [0.29, 0.717) is 29.6 Å². The third-order valence-electron chi connectivity index (χ3n) is 7.13. The quantitative estimate of drug-likeness (QED) is 0.446. The molecule has 1 unspecified atom stereocenters. The number of aromatic nitrogens is 1. The zero-order valence-corrected chi connectivity index (χ0v) is 19.7. The van der Waals surface area contributed by atoms with Crippen LogP contribution in [0.15, 0.2) is 34.7 Å². The van der Waals surface area contributed by atoms with E-state index in [0.717, 1.165) is 12.1 Å². The van der Waals surface area contributed by atoms with E-state index in [1.54, 1.807) is 24.3 Å². The minimum Gasteiger partial charge on any atom is -0.494 e. The zero-order valence-electron chi connectivity index (χ0n) is 19.7. The van der Waals surface area contributed by atoms with E-state index in [4.69, 9.17) is 9.15 Å². The summed E-state index contributed by atoms with van der Waals surface area (Å²) >= 11 is 0. The number of imide groups is 1. The summed E-state index contributed by atoms with van der Waals surface area (Å²) in [6.07, 6.45) is 1.07. The number of halogens is 1. The molecule has 190 valence electrons. The third-order valence-corrected chi connectivity index (χ3v) is 7.13. The maximum Gasteiger partial charge on any atom is 0.322 e. The number of pyridine rings is 1. The highest BCUT2D eigenvalue weighted by Gasteiger charge is 2.53. The van der Waals surface area contributed by atoms with E-state index in [-0.39, 0.29) is 42.0 Å². The summed E-state index contributed by atoms with van der Waals surface area (Å²) in [6, 6.07) is 7.30. The predicted molar refractivity (Wildman–Crippen MR) is 125 cm³/mol. The first-order valence-electron chi connectivity index (χ1n) is 11.7. The molecule has 12 heteroatoms. The topological polar surface area (TPSA) is 143 Å². The molecule has 2 aromatic heterocycles. The maximum absolute atomic E-state index is 14.9. The van der Waals surface area contributed by atoms with Crippen LogP contribution in [0.5, 0.6) is 5.75 Å². The lowest BCUT2D eigenvalue weighted by atomic mass is 9.93. The Morgan fingerprint density at radius 1 is 1.22 bits per heavy atom. The second kappa shape index (κ2) is 8.29. The van der Waals surface area contributed by atoms with E-state index < -0.39 is 29.2 Å². The lowest BCUT2D eigenvalue weighted by Crippen LogP contribution is -2.52. The molecule has 5 amide bonds. The number of fused-ring (bicyclic) bond motifs is 2. The van der Waals surface area contributed by atoms with Gasteiger partial charge in [-0.3, -0.25) is 19.7 Å². The van der Waals surface area contributed by atoms with E-state index in [2.05, 4.69) is 20.9 Å². The number of urea groups is 1. The fourth-order valence-electron chi connectivity index (χ4n) is 5.24. The number of nitrogens with one attached hydrogen (secondary N) is 3. The Morgan fingerprint density at radius 3 is 2.78 bits per heavy atom. The highest BCUT2D eigenvalue weighted by Crippen LogP contribution is 2.36. The van der Waals surface area contributed by atoms with Gasteiger partial charge in [-0.25, -0.2) is 14.2 Å². The number of hydrogen-bond donors (Lipinski definition) is 3. The van der Waals surface area contributed by atoms with Gasteiger partial charge in [0.15, 0.2) is 22.7 Å². The molecule has 3 aromatic rings. The van der Waals surface area contributed by atoms with Gasteiger partial charge < -0.3 is 24.7 Å². The normalized spacial score (nSPS) is 23.2. The molecule has 0 aliphatic carbocycles. The Balaban J connectivity index is 1.36. The summed E-state index contributed by atoms with van der Waals surface area (Å²) in [5.41, 5.74) is 0.0966. The second-order valence-electron chi connectivity index (χ2n) is 9.36.